The van der Waals surface area contributed by atoms with Gasteiger partial charge in [-0.3, -0.25) is 4.79 Å². The molecule has 0 radical (unpaired) electrons. The standard InChI is InChI=1S/C15H20O3/c1-8-10-3-2-9-6-14(17)15(18)7-12(9)11(10)4-5-13(8)16/h2-3,9,11-12,14-15,17-18H,4-7H2,1H3. The van der Waals surface area contributed by atoms with E-state index in [1.54, 1.807) is 0 Å². The molecule has 0 aromatic rings. The van der Waals surface area contributed by atoms with Gasteiger partial charge in [-0.25, -0.2) is 0 Å². The Morgan fingerprint density at radius 1 is 1.22 bits per heavy atom. The Labute approximate surface area is 107 Å². The number of carbonyl (C=O) groups excluding carboxylic acids is 1. The lowest BCUT2D eigenvalue weighted by molar-refractivity contribution is -0.116. The van der Waals surface area contributed by atoms with Gasteiger partial charge in [0.15, 0.2) is 5.78 Å². The van der Waals surface area contributed by atoms with Crippen LogP contribution in [0, 0.1) is 17.8 Å². The van der Waals surface area contributed by atoms with Crippen molar-refractivity contribution in [3.05, 3.63) is 23.3 Å². The third kappa shape index (κ3) is 1.77. The van der Waals surface area contributed by atoms with Crippen LogP contribution in [0.25, 0.3) is 0 Å². The van der Waals surface area contributed by atoms with Gasteiger partial charge in [0.05, 0.1) is 12.2 Å². The minimum atomic E-state index is -0.600. The first kappa shape index (κ1) is 12.1. The molecule has 0 saturated heterocycles. The summed E-state index contributed by atoms with van der Waals surface area (Å²) in [6.45, 7) is 1.92. The van der Waals surface area contributed by atoms with Crippen molar-refractivity contribution in [1.82, 2.24) is 0 Å². The van der Waals surface area contributed by atoms with Crippen molar-refractivity contribution >= 4 is 5.78 Å². The largest absolute Gasteiger partial charge is 0.390 e. The SMILES string of the molecule is CC1=C2C=CC3CC(O)C(O)CC3C2CCC1=O. The van der Waals surface area contributed by atoms with Gasteiger partial charge in [-0.1, -0.05) is 12.2 Å². The van der Waals surface area contributed by atoms with E-state index in [0.29, 0.717) is 37.0 Å². The zero-order valence-electron chi connectivity index (χ0n) is 10.7. The number of Topliss-reactive ketones (excluding diaryl/α,β-unsaturated/α-hetero) is 1. The first-order chi connectivity index (χ1) is 8.58. The van der Waals surface area contributed by atoms with Gasteiger partial charge < -0.3 is 10.2 Å². The van der Waals surface area contributed by atoms with Crippen LogP contribution in [0.2, 0.25) is 0 Å². The molecule has 1 fully saturated rings. The highest BCUT2D eigenvalue weighted by Gasteiger charge is 2.42. The Morgan fingerprint density at radius 3 is 2.72 bits per heavy atom. The molecule has 0 spiro atoms. The summed E-state index contributed by atoms with van der Waals surface area (Å²) in [7, 11) is 0. The third-order valence-corrected chi connectivity index (χ3v) is 4.99. The predicted molar refractivity (Wildman–Crippen MR) is 67.8 cm³/mol. The number of aliphatic hydroxyl groups excluding tert-OH is 2. The lowest BCUT2D eigenvalue weighted by Gasteiger charge is -2.44. The highest BCUT2D eigenvalue weighted by molar-refractivity contribution is 5.97. The van der Waals surface area contributed by atoms with Crippen molar-refractivity contribution in [3.8, 4) is 0 Å². The van der Waals surface area contributed by atoms with Crippen LogP contribution in [0.3, 0.4) is 0 Å². The molecule has 0 bridgehead atoms. The number of allylic oxidation sites excluding steroid dienone is 4. The quantitative estimate of drug-likeness (QED) is 0.684. The molecule has 0 aromatic carbocycles. The lowest BCUT2D eigenvalue weighted by atomic mass is 9.62. The Morgan fingerprint density at radius 2 is 1.94 bits per heavy atom. The Kier molecular flexibility index (Phi) is 2.91. The van der Waals surface area contributed by atoms with Crippen molar-refractivity contribution in [3.63, 3.8) is 0 Å². The monoisotopic (exact) mass is 248 g/mol. The van der Waals surface area contributed by atoms with Crippen LogP contribution in [0.15, 0.2) is 23.3 Å². The number of hydrogen-bond acceptors (Lipinski definition) is 3. The van der Waals surface area contributed by atoms with E-state index in [1.165, 1.54) is 5.57 Å². The molecule has 1 saturated carbocycles. The molecule has 3 rings (SSSR count). The van der Waals surface area contributed by atoms with Gasteiger partial charge in [0.2, 0.25) is 0 Å². The van der Waals surface area contributed by atoms with Crippen LogP contribution in [-0.4, -0.2) is 28.2 Å². The van der Waals surface area contributed by atoms with E-state index in [9.17, 15) is 15.0 Å². The summed E-state index contributed by atoms with van der Waals surface area (Å²) in [5, 5.41) is 19.6. The second-order valence-corrected chi connectivity index (χ2v) is 5.94. The number of fused-ring (bicyclic) bond motifs is 3. The zero-order chi connectivity index (χ0) is 12.9. The summed E-state index contributed by atoms with van der Waals surface area (Å²) in [4.78, 5) is 11.7. The number of hydrogen-bond donors (Lipinski definition) is 2. The number of rotatable bonds is 0. The molecule has 3 nitrogen and oxygen atoms in total. The summed E-state index contributed by atoms with van der Waals surface area (Å²) >= 11 is 0. The minimum Gasteiger partial charge on any atom is -0.390 e. The molecule has 0 amide bonds. The molecule has 3 aliphatic rings. The smallest absolute Gasteiger partial charge is 0.158 e. The Bertz CT molecular complexity index is 435. The van der Waals surface area contributed by atoms with Gasteiger partial charge in [0.1, 0.15) is 0 Å². The summed E-state index contributed by atoms with van der Waals surface area (Å²) in [5.41, 5.74) is 2.08. The average molecular weight is 248 g/mol. The maximum absolute atomic E-state index is 11.7. The van der Waals surface area contributed by atoms with Crippen molar-refractivity contribution < 1.29 is 15.0 Å². The fourth-order valence-electron chi connectivity index (χ4n) is 3.89. The lowest BCUT2D eigenvalue weighted by Crippen LogP contribution is -2.43. The van der Waals surface area contributed by atoms with Gasteiger partial charge >= 0.3 is 0 Å². The summed E-state index contributed by atoms with van der Waals surface area (Å²) in [5.74, 6) is 1.42. The highest BCUT2D eigenvalue weighted by atomic mass is 16.3. The predicted octanol–water partition coefficient (Wildman–Crippen LogP) is 1.60. The molecular formula is C15H20O3. The van der Waals surface area contributed by atoms with Gasteiger partial charge in [0.25, 0.3) is 0 Å². The van der Waals surface area contributed by atoms with E-state index in [0.717, 1.165) is 12.0 Å². The average Bonchev–Trinajstić information content (AvgIpc) is 2.35. The molecule has 0 heterocycles. The fraction of sp³-hybridized carbons (Fsp3) is 0.667. The molecule has 5 atom stereocenters. The fourth-order valence-corrected chi connectivity index (χ4v) is 3.89. The minimum absolute atomic E-state index is 0.265. The zero-order valence-corrected chi connectivity index (χ0v) is 10.7. The summed E-state index contributed by atoms with van der Waals surface area (Å²) in [6.07, 6.45) is 5.88. The first-order valence-corrected chi connectivity index (χ1v) is 6.86. The number of ketones is 1. The maximum Gasteiger partial charge on any atom is 0.158 e. The van der Waals surface area contributed by atoms with Crippen LogP contribution < -0.4 is 0 Å². The van der Waals surface area contributed by atoms with Crippen molar-refractivity contribution in [1.29, 1.82) is 0 Å². The molecule has 98 valence electrons. The van der Waals surface area contributed by atoms with Crippen molar-refractivity contribution in [2.75, 3.05) is 0 Å². The third-order valence-electron chi connectivity index (χ3n) is 4.99. The Hall–Kier alpha value is -0.930. The van der Waals surface area contributed by atoms with Gasteiger partial charge in [-0.05, 0) is 55.1 Å². The van der Waals surface area contributed by atoms with Crippen LogP contribution in [0.1, 0.15) is 32.6 Å². The molecule has 3 aliphatic carbocycles. The highest BCUT2D eigenvalue weighted by Crippen LogP contribution is 2.47. The molecule has 18 heavy (non-hydrogen) atoms. The second-order valence-electron chi connectivity index (χ2n) is 5.94. The van der Waals surface area contributed by atoms with E-state index in [2.05, 4.69) is 12.2 Å². The van der Waals surface area contributed by atoms with E-state index in [1.807, 2.05) is 6.92 Å². The van der Waals surface area contributed by atoms with Crippen molar-refractivity contribution in [2.24, 2.45) is 17.8 Å². The molecule has 3 heteroatoms. The van der Waals surface area contributed by atoms with E-state index < -0.39 is 12.2 Å². The van der Waals surface area contributed by atoms with Gasteiger partial charge in [0, 0.05) is 6.42 Å². The summed E-state index contributed by atoms with van der Waals surface area (Å²) in [6, 6.07) is 0. The van der Waals surface area contributed by atoms with Crippen LogP contribution in [0.4, 0.5) is 0 Å². The second kappa shape index (κ2) is 4.32. The van der Waals surface area contributed by atoms with E-state index in [-0.39, 0.29) is 5.78 Å². The van der Waals surface area contributed by atoms with Crippen LogP contribution in [0.5, 0.6) is 0 Å². The van der Waals surface area contributed by atoms with Gasteiger partial charge in [-0.15, -0.1) is 0 Å². The topological polar surface area (TPSA) is 57.5 Å². The van der Waals surface area contributed by atoms with E-state index >= 15 is 0 Å². The normalized spacial score (nSPS) is 43.7. The van der Waals surface area contributed by atoms with Gasteiger partial charge in [-0.2, -0.15) is 0 Å². The molecule has 5 unspecified atom stereocenters. The van der Waals surface area contributed by atoms with Crippen LogP contribution in [-0.2, 0) is 4.79 Å². The number of aliphatic hydroxyl groups is 2. The maximum atomic E-state index is 11.7. The molecule has 0 aliphatic heterocycles. The molecular weight excluding hydrogens is 228 g/mol. The summed E-state index contributed by atoms with van der Waals surface area (Å²) < 4.78 is 0. The molecule has 2 N–H and O–H groups in total. The first-order valence-electron chi connectivity index (χ1n) is 6.86. The van der Waals surface area contributed by atoms with Crippen molar-refractivity contribution in [2.45, 2.75) is 44.8 Å². The number of carbonyl (C=O) groups is 1. The molecule has 0 aromatic heterocycles. The van der Waals surface area contributed by atoms with Crippen LogP contribution >= 0.6 is 0 Å². The van der Waals surface area contributed by atoms with E-state index in [4.69, 9.17) is 0 Å². The Balaban J connectivity index is 1.95.